The number of benzene rings is 2. The summed E-state index contributed by atoms with van der Waals surface area (Å²) in [4.78, 5) is 0. The summed E-state index contributed by atoms with van der Waals surface area (Å²) in [5.41, 5.74) is 1.94. The van der Waals surface area contributed by atoms with E-state index in [2.05, 4.69) is 18.4 Å². The molecule has 0 amide bonds. The van der Waals surface area contributed by atoms with E-state index < -0.39 is 0 Å². The van der Waals surface area contributed by atoms with Crippen LogP contribution in [0.25, 0.3) is 0 Å². The van der Waals surface area contributed by atoms with Gasteiger partial charge >= 0.3 is 0 Å². The van der Waals surface area contributed by atoms with Crippen LogP contribution < -0.4 is 4.74 Å². The third-order valence-electron chi connectivity index (χ3n) is 3.01. The van der Waals surface area contributed by atoms with Crippen molar-refractivity contribution in [3.63, 3.8) is 0 Å². The van der Waals surface area contributed by atoms with E-state index in [-0.39, 0.29) is 6.10 Å². The van der Waals surface area contributed by atoms with Crippen LogP contribution in [0.1, 0.15) is 17.2 Å². The Bertz CT molecular complexity index is 635. The molecule has 1 unspecified atom stereocenters. The molecule has 2 heteroatoms. The highest BCUT2D eigenvalue weighted by Gasteiger charge is 2.05. The Morgan fingerprint density at radius 1 is 1.10 bits per heavy atom. The van der Waals surface area contributed by atoms with Crippen molar-refractivity contribution in [1.29, 1.82) is 0 Å². The second-order valence-electron chi connectivity index (χ2n) is 4.38. The Morgan fingerprint density at radius 3 is 2.52 bits per heavy atom. The molecule has 106 valence electrons. The lowest BCUT2D eigenvalue weighted by Crippen LogP contribution is -2.01. The van der Waals surface area contributed by atoms with Crippen LogP contribution in [0.5, 0.6) is 5.75 Å². The van der Waals surface area contributed by atoms with Crippen molar-refractivity contribution >= 4 is 0 Å². The topological polar surface area (TPSA) is 18.5 Å². The second kappa shape index (κ2) is 7.94. The summed E-state index contributed by atoms with van der Waals surface area (Å²) in [5, 5.41) is 0. The monoisotopic (exact) mass is 278 g/mol. The summed E-state index contributed by atoms with van der Waals surface area (Å²) in [5.74, 6) is 6.84. The molecule has 2 rings (SSSR count). The van der Waals surface area contributed by atoms with Gasteiger partial charge in [0.15, 0.2) is 0 Å². The van der Waals surface area contributed by atoms with Gasteiger partial charge < -0.3 is 9.47 Å². The van der Waals surface area contributed by atoms with E-state index >= 15 is 0 Å². The molecule has 0 aliphatic heterocycles. The third kappa shape index (κ3) is 4.24. The van der Waals surface area contributed by atoms with Crippen LogP contribution in [0.4, 0.5) is 0 Å². The fourth-order valence-electron chi connectivity index (χ4n) is 1.95. The van der Waals surface area contributed by atoms with E-state index in [4.69, 9.17) is 9.47 Å². The summed E-state index contributed by atoms with van der Waals surface area (Å²) in [7, 11) is 1.64. The van der Waals surface area contributed by atoms with Crippen LogP contribution >= 0.6 is 0 Å². The van der Waals surface area contributed by atoms with Crippen molar-refractivity contribution < 1.29 is 9.47 Å². The standard InChI is InChI=1S/C19H18O2/c1-3-18(16-10-5-4-6-11-16)21-15-9-13-17-12-7-8-14-19(17)20-2/h3-8,10-12,14,18H,1,15H2,2H3. The molecule has 0 aliphatic carbocycles. The molecule has 0 heterocycles. The van der Waals surface area contributed by atoms with Gasteiger partial charge in [-0.3, -0.25) is 0 Å². The van der Waals surface area contributed by atoms with E-state index in [1.165, 1.54) is 0 Å². The molecule has 0 aliphatic rings. The lowest BCUT2D eigenvalue weighted by molar-refractivity contribution is 0.114. The predicted octanol–water partition coefficient (Wildman–Crippen LogP) is 3.99. The molecule has 0 spiro atoms. The summed E-state index contributed by atoms with van der Waals surface area (Å²) < 4.78 is 11.0. The van der Waals surface area contributed by atoms with Gasteiger partial charge in [-0.1, -0.05) is 60.4 Å². The van der Waals surface area contributed by atoms with E-state index in [9.17, 15) is 0 Å². The highest BCUT2D eigenvalue weighted by atomic mass is 16.5. The zero-order chi connectivity index (χ0) is 14.9. The maximum Gasteiger partial charge on any atom is 0.134 e. The van der Waals surface area contributed by atoms with Crippen LogP contribution in [0.2, 0.25) is 0 Å². The highest BCUT2D eigenvalue weighted by Crippen LogP contribution is 2.18. The first-order valence-corrected chi connectivity index (χ1v) is 6.76. The normalized spacial score (nSPS) is 11.1. The molecular weight excluding hydrogens is 260 g/mol. The van der Waals surface area contributed by atoms with E-state index in [1.54, 1.807) is 13.2 Å². The minimum absolute atomic E-state index is 0.141. The van der Waals surface area contributed by atoms with Gasteiger partial charge in [-0.15, -0.1) is 6.58 Å². The SMILES string of the molecule is C=CC(OCC#Cc1ccccc1OC)c1ccccc1. The number of para-hydroxylation sites is 1. The molecule has 0 radical (unpaired) electrons. The minimum atomic E-state index is -0.141. The molecule has 0 N–H and O–H groups in total. The van der Waals surface area contributed by atoms with Gasteiger partial charge in [-0.2, -0.15) is 0 Å². The van der Waals surface area contributed by atoms with Crippen molar-refractivity contribution in [3.8, 4) is 17.6 Å². The van der Waals surface area contributed by atoms with Crippen LogP contribution in [-0.4, -0.2) is 13.7 Å². The van der Waals surface area contributed by atoms with Gasteiger partial charge in [0.2, 0.25) is 0 Å². The molecule has 0 saturated carbocycles. The number of methoxy groups -OCH3 is 1. The van der Waals surface area contributed by atoms with Crippen molar-refractivity contribution in [2.45, 2.75) is 6.10 Å². The Hall–Kier alpha value is -2.50. The summed E-state index contributed by atoms with van der Waals surface area (Å²) >= 11 is 0. The van der Waals surface area contributed by atoms with Gasteiger partial charge in [0.05, 0.1) is 12.7 Å². The first kappa shape index (κ1) is 14.9. The van der Waals surface area contributed by atoms with Gasteiger partial charge in [-0.25, -0.2) is 0 Å². The molecule has 2 nitrogen and oxygen atoms in total. The highest BCUT2D eigenvalue weighted by molar-refractivity contribution is 5.45. The van der Waals surface area contributed by atoms with Crippen molar-refractivity contribution in [2.75, 3.05) is 13.7 Å². The maximum atomic E-state index is 5.74. The van der Waals surface area contributed by atoms with Crippen molar-refractivity contribution in [2.24, 2.45) is 0 Å². The largest absolute Gasteiger partial charge is 0.495 e. The molecule has 2 aromatic carbocycles. The van der Waals surface area contributed by atoms with Crippen LogP contribution in [0.15, 0.2) is 67.3 Å². The number of ether oxygens (including phenoxy) is 2. The zero-order valence-corrected chi connectivity index (χ0v) is 12.1. The van der Waals surface area contributed by atoms with Crippen molar-refractivity contribution in [3.05, 3.63) is 78.4 Å². The Morgan fingerprint density at radius 2 is 1.81 bits per heavy atom. The van der Waals surface area contributed by atoms with E-state index in [1.807, 2.05) is 54.6 Å². The van der Waals surface area contributed by atoms with Gasteiger partial charge in [0.1, 0.15) is 18.5 Å². The maximum absolute atomic E-state index is 5.74. The first-order valence-electron chi connectivity index (χ1n) is 6.76. The van der Waals surface area contributed by atoms with Gasteiger partial charge in [0.25, 0.3) is 0 Å². The molecule has 0 bridgehead atoms. The number of hydrogen-bond acceptors (Lipinski definition) is 2. The zero-order valence-electron chi connectivity index (χ0n) is 12.1. The quantitative estimate of drug-likeness (QED) is 0.608. The summed E-state index contributed by atoms with van der Waals surface area (Å²) in [6.45, 7) is 4.15. The summed E-state index contributed by atoms with van der Waals surface area (Å²) in [6.07, 6.45) is 1.64. The molecule has 0 fully saturated rings. The smallest absolute Gasteiger partial charge is 0.134 e. The predicted molar refractivity (Wildman–Crippen MR) is 85.2 cm³/mol. The van der Waals surface area contributed by atoms with Crippen LogP contribution in [0, 0.1) is 11.8 Å². The molecule has 21 heavy (non-hydrogen) atoms. The average Bonchev–Trinajstić information content (AvgIpc) is 2.56. The lowest BCUT2D eigenvalue weighted by Gasteiger charge is -2.11. The number of hydrogen-bond donors (Lipinski definition) is 0. The average molecular weight is 278 g/mol. The molecule has 2 aromatic rings. The van der Waals surface area contributed by atoms with Crippen molar-refractivity contribution in [1.82, 2.24) is 0 Å². The molecule has 1 atom stereocenters. The minimum Gasteiger partial charge on any atom is -0.495 e. The van der Waals surface area contributed by atoms with Gasteiger partial charge in [0, 0.05) is 0 Å². The third-order valence-corrected chi connectivity index (χ3v) is 3.01. The first-order chi connectivity index (χ1) is 10.3. The summed E-state index contributed by atoms with van der Waals surface area (Å²) in [6, 6.07) is 17.6. The number of rotatable bonds is 5. The molecule has 0 aromatic heterocycles. The lowest BCUT2D eigenvalue weighted by atomic mass is 10.1. The fourth-order valence-corrected chi connectivity index (χ4v) is 1.95. The fraction of sp³-hybridized carbons (Fsp3) is 0.158. The Labute approximate surface area is 126 Å². The Kier molecular flexibility index (Phi) is 5.63. The molecule has 0 saturated heterocycles. The van der Waals surface area contributed by atoms with E-state index in [0.717, 1.165) is 16.9 Å². The van der Waals surface area contributed by atoms with Gasteiger partial charge in [-0.05, 0) is 17.7 Å². The van der Waals surface area contributed by atoms with E-state index in [0.29, 0.717) is 6.61 Å². The second-order valence-corrected chi connectivity index (χ2v) is 4.38. The molecular formula is C19H18O2. The van der Waals surface area contributed by atoms with Crippen LogP contribution in [0.3, 0.4) is 0 Å². The van der Waals surface area contributed by atoms with Crippen LogP contribution in [-0.2, 0) is 4.74 Å². The Balaban J connectivity index is 1.98.